The van der Waals surface area contributed by atoms with Crippen molar-refractivity contribution in [1.29, 1.82) is 0 Å². The van der Waals surface area contributed by atoms with E-state index in [-0.39, 0.29) is 24.3 Å². The lowest BCUT2D eigenvalue weighted by Crippen LogP contribution is -2.59. The Morgan fingerprint density at radius 1 is 0.847 bits per heavy atom. The van der Waals surface area contributed by atoms with Crippen LogP contribution in [0.1, 0.15) is 116 Å². The van der Waals surface area contributed by atoms with E-state index in [2.05, 4.69) is 10.6 Å². The van der Waals surface area contributed by atoms with Crippen LogP contribution in [-0.4, -0.2) is 131 Å². The van der Waals surface area contributed by atoms with E-state index in [1.165, 1.54) is 55.8 Å². The highest BCUT2D eigenvalue weighted by Crippen LogP contribution is 2.25. The van der Waals surface area contributed by atoms with Gasteiger partial charge in [0.05, 0.1) is 12.6 Å². The molecule has 1 rings (SSSR count). The Kier molecular flexibility index (Phi) is 21.5. The zero-order valence-electron chi connectivity index (χ0n) is 38.6. The van der Waals surface area contributed by atoms with Crippen LogP contribution >= 0.6 is 0 Å². The second-order valence-corrected chi connectivity index (χ2v) is 17.4. The summed E-state index contributed by atoms with van der Waals surface area (Å²) in [4.78, 5) is 100. The van der Waals surface area contributed by atoms with E-state index < -0.39 is 114 Å². The largest absolute Gasteiger partial charge is 0.456 e. The number of carbonyl (C=O) groups is 7. The van der Waals surface area contributed by atoms with E-state index in [0.717, 1.165) is 0 Å². The van der Waals surface area contributed by atoms with Gasteiger partial charge in [0.1, 0.15) is 30.3 Å². The molecule has 0 saturated heterocycles. The first kappa shape index (κ1) is 52.7. The SMILES string of the molecule is CC/C=C(\C)[C@H]1OC(=O)[C@H](C)N(C)C(=O)[C@H](C(C)C)NC(=O)CN(C)C(=O)[C@@H](CC(C)C)N(C)C(=O)[C@H](C(C)C)NC(=O)C([C@@H](C)CC)OC(=O)/C(C)=C\C[C@H](O)[C@@H]1C. The van der Waals surface area contributed by atoms with Gasteiger partial charge in [-0.05, 0) is 69.8 Å². The fraction of sp³-hybridized carbons (Fsp3) is 0.750. The number of rotatable bonds is 8. The molecule has 15 nitrogen and oxygen atoms in total. The molecule has 0 aromatic rings. The average Bonchev–Trinajstić information content (AvgIpc) is 3.17. The number of allylic oxidation sites excluding steroid dienone is 1. The number of nitrogens with zero attached hydrogens (tertiary/aromatic N) is 3. The summed E-state index contributed by atoms with van der Waals surface area (Å²) in [5.41, 5.74) is 0.833. The second kappa shape index (κ2) is 24.1. The number of ether oxygens (including phenoxy) is 2. The standard InChI is InChI=1S/C44H75N5O10/c1-17-19-28(10)37-30(12)33(50)21-20-29(11)43(56)59-38(27(9)18-2)39(52)46-36(26(7)8)42(55)49(16)32(22-24(3)4)40(53)47(14)23-34(51)45-35(25(5)6)41(54)48(15)31(13)44(57)58-37/h19-20,24-27,30-33,35-38,50H,17-18,21-23H2,1-16H3,(H,45,51)(H,46,52)/b28-19+,29-20-/t27-,30-,31-,32+,33-,35-,36-,37+,38?/m0/s1. The zero-order valence-corrected chi connectivity index (χ0v) is 38.6. The van der Waals surface area contributed by atoms with Crippen LogP contribution < -0.4 is 10.6 Å². The molecule has 1 aliphatic heterocycles. The summed E-state index contributed by atoms with van der Waals surface area (Å²) >= 11 is 0. The van der Waals surface area contributed by atoms with Crippen LogP contribution in [0.3, 0.4) is 0 Å². The topological polar surface area (TPSA) is 192 Å². The van der Waals surface area contributed by atoms with Gasteiger partial charge < -0.3 is 39.9 Å². The zero-order chi connectivity index (χ0) is 45.6. The molecule has 9 atom stereocenters. The summed E-state index contributed by atoms with van der Waals surface area (Å²) in [7, 11) is 4.36. The molecule has 1 heterocycles. The van der Waals surface area contributed by atoms with E-state index in [1.54, 1.807) is 48.5 Å². The van der Waals surface area contributed by atoms with Gasteiger partial charge in [0, 0.05) is 38.6 Å². The van der Waals surface area contributed by atoms with Crippen LogP contribution in [0, 0.1) is 29.6 Å². The van der Waals surface area contributed by atoms with Gasteiger partial charge >= 0.3 is 11.9 Å². The Morgan fingerprint density at radius 3 is 1.90 bits per heavy atom. The number of hydrogen-bond acceptors (Lipinski definition) is 10. The highest BCUT2D eigenvalue weighted by Gasteiger charge is 2.39. The van der Waals surface area contributed by atoms with Crippen LogP contribution in [0.4, 0.5) is 0 Å². The molecule has 0 fully saturated rings. The number of hydrogen-bond donors (Lipinski definition) is 3. The number of cyclic esters (lactones) is 2. The van der Waals surface area contributed by atoms with E-state index in [1.807, 2.05) is 33.8 Å². The quantitative estimate of drug-likeness (QED) is 0.238. The molecule has 0 aromatic heterocycles. The minimum Gasteiger partial charge on any atom is -0.456 e. The van der Waals surface area contributed by atoms with Crippen molar-refractivity contribution in [2.24, 2.45) is 29.6 Å². The molecule has 3 N–H and O–H groups in total. The average molecular weight is 834 g/mol. The van der Waals surface area contributed by atoms with Crippen LogP contribution in [0.2, 0.25) is 0 Å². The highest BCUT2D eigenvalue weighted by molar-refractivity contribution is 5.96. The lowest BCUT2D eigenvalue weighted by atomic mass is 9.90. The van der Waals surface area contributed by atoms with E-state index in [0.29, 0.717) is 18.4 Å². The number of nitrogens with one attached hydrogen (secondary N) is 2. The molecule has 0 radical (unpaired) electrons. The van der Waals surface area contributed by atoms with Crippen LogP contribution in [-0.2, 0) is 43.0 Å². The van der Waals surface area contributed by atoms with Gasteiger partial charge in [-0.25, -0.2) is 9.59 Å². The second-order valence-electron chi connectivity index (χ2n) is 17.4. The first-order chi connectivity index (χ1) is 27.3. The maximum Gasteiger partial charge on any atom is 0.334 e. The highest BCUT2D eigenvalue weighted by atomic mass is 16.6. The number of aliphatic hydroxyl groups excluding tert-OH is 1. The lowest BCUT2D eigenvalue weighted by Gasteiger charge is -2.36. The molecule has 1 aliphatic rings. The molecule has 0 aromatic carbocycles. The number of esters is 2. The van der Waals surface area contributed by atoms with Crippen LogP contribution in [0.15, 0.2) is 23.3 Å². The Labute approximate surface area is 353 Å². The van der Waals surface area contributed by atoms with Gasteiger partial charge in [-0.15, -0.1) is 0 Å². The Balaban J connectivity index is 3.87. The summed E-state index contributed by atoms with van der Waals surface area (Å²) in [6, 6.07) is -4.25. The Hall–Kier alpha value is -4.27. The van der Waals surface area contributed by atoms with E-state index >= 15 is 0 Å². The van der Waals surface area contributed by atoms with Crippen molar-refractivity contribution in [3.8, 4) is 0 Å². The maximum absolute atomic E-state index is 14.2. The van der Waals surface area contributed by atoms with Crippen LogP contribution in [0.25, 0.3) is 0 Å². The van der Waals surface area contributed by atoms with Crippen molar-refractivity contribution < 1.29 is 48.1 Å². The van der Waals surface area contributed by atoms with Gasteiger partial charge in [0.15, 0.2) is 6.10 Å². The summed E-state index contributed by atoms with van der Waals surface area (Å²) < 4.78 is 11.8. The predicted octanol–water partition coefficient (Wildman–Crippen LogP) is 4.02. The van der Waals surface area contributed by atoms with E-state index in [4.69, 9.17) is 9.47 Å². The summed E-state index contributed by atoms with van der Waals surface area (Å²) in [6.07, 6.45) is 1.49. The Morgan fingerprint density at radius 2 is 1.39 bits per heavy atom. The third kappa shape index (κ3) is 15.1. The van der Waals surface area contributed by atoms with Crippen molar-refractivity contribution >= 4 is 41.5 Å². The molecule has 0 aliphatic carbocycles. The first-order valence-electron chi connectivity index (χ1n) is 21.1. The fourth-order valence-electron chi connectivity index (χ4n) is 6.77. The van der Waals surface area contributed by atoms with Crippen molar-refractivity contribution in [3.63, 3.8) is 0 Å². The summed E-state index contributed by atoms with van der Waals surface area (Å²) in [5.74, 6) is -6.38. The number of carbonyl (C=O) groups excluding carboxylic acids is 7. The summed E-state index contributed by atoms with van der Waals surface area (Å²) in [5, 5.41) is 16.9. The predicted molar refractivity (Wildman–Crippen MR) is 226 cm³/mol. The molecular weight excluding hydrogens is 759 g/mol. The van der Waals surface area contributed by atoms with Gasteiger partial charge in [-0.1, -0.05) is 81.4 Å². The van der Waals surface area contributed by atoms with Gasteiger partial charge in [-0.3, -0.25) is 24.0 Å². The third-order valence-corrected chi connectivity index (χ3v) is 11.2. The van der Waals surface area contributed by atoms with E-state index in [9.17, 15) is 38.7 Å². The molecule has 15 heteroatoms. The molecular formula is C44H75N5O10. The molecule has 0 bridgehead atoms. The van der Waals surface area contributed by atoms with Gasteiger partial charge in [0.2, 0.25) is 23.6 Å². The molecule has 0 spiro atoms. The van der Waals surface area contributed by atoms with Crippen molar-refractivity contribution in [3.05, 3.63) is 23.3 Å². The Bertz CT molecular complexity index is 1540. The fourth-order valence-corrected chi connectivity index (χ4v) is 6.77. The van der Waals surface area contributed by atoms with Gasteiger partial charge in [0.25, 0.3) is 5.91 Å². The molecule has 336 valence electrons. The smallest absolute Gasteiger partial charge is 0.334 e. The van der Waals surface area contributed by atoms with Crippen molar-refractivity contribution in [2.45, 2.75) is 158 Å². The minimum absolute atomic E-state index is 0.0127. The summed E-state index contributed by atoms with van der Waals surface area (Å²) in [6.45, 7) is 22.4. The minimum atomic E-state index is -1.26. The van der Waals surface area contributed by atoms with Crippen molar-refractivity contribution in [2.75, 3.05) is 27.7 Å². The molecule has 1 unspecified atom stereocenters. The molecule has 0 saturated carbocycles. The third-order valence-electron chi connectivity index (χ3n) is 11.2. The number of amides is 5. The number of aliphatic hydroxyl groups is 1. The monoisotopic (exact) mass is 834 g/mol. The number of likely N-dealkylation sites (N-methyl/N-ethyl adjacent to an activating group) is 3. The first-order valence-corrected chi connectivity index (χ1v) is 21.1. The van der Waals surface area contributed by atoms with Crippen molar-refractivity contribution in [1.82, 2.24) is 25.3 Å². The normalized spacial score (nSPS) is 29.3. The molecule has 59 heavy (non-hydrogen) atoms. The van der Waals surface area contributed by atoms with Crippen LogP contribution in [0.5, 0.6) is 0 Å². The lowest BCUT2D eigenvalue weighted by molar-refractivity contribution is -0.160. The molecule has 5 amide bonds. The van der Waals surface area contributed by atoms with Gasteiger partial charge in [-0.2, -0.15) is 0 Å². The maximum atomic E-state index is 14.2.